The molecule has 262 valence electrons. The van der Waals surface area contributed by atoms with Crippen LogP contribution < -0.4 is 5.32 Å². The molecule has 5 heteroatoms. The van der Waals surface area contributed by atoms with Crippen molar-refractivity contribution in [2.75, 3.05) is 0 Å². The molecule has 4 nitrogen and oxygen atoms in total. The minimum atomic E-state index is -0.349. The van der Waals surface area contributed by atoms with E-state index in [0.717, 1.165) is 50.0 Å². The highest BCUT2D eigenvalue weighted by atomic mass is 32.1. The van der Waals surface area contributed by atoms with Crippen molar-refractivity contribution in [1.29, 1.82) is 0 Å². The Kier molecular flexibility index (Phi) is 6.83. The van der Waals surface area contributed by atoms with Gasteiger partial charge in [-0.15, -0.1) is 11.3 Å². The fraction of sp³-hybridized carbons (Fsp3) is 0.0196. The van der Waals surface area contributed by atoms with Crippen LogP contribution in [0, 0.1) is 0 Å². The molecule has 56 heavy (non-hydrogen) atoms. The molecule has 0 fully saturated rings. The van der Waals surface area contributed by atoms with Crippen molar-refractivity contribution in [3.63, 3.8) is 0 Å². The van der Waals surface area contributed by atoms with E-state index in [4.69, 9.17) is 14.4 Å². The highest BCUT2D eigenvalue weighted by molar-refractivity contribution is 7.26. The molecule has 1 aliphatic heterocycles. The Morgan fingerprint density at radius 3 is 2.12 bits per heavy atom. The monoisotopic (exact) mass is 733 g/mol. The third-order valence-corrected chi connectivity index (χ3v) is 12.5. The molecule has 0 amide bonds. The summed E-state index contributed by atoms with van der Waals surface area (Å²) in [6, 6.07) is 62.6. The quantitative estimate of drug-likeness (QED) is 0.183. The second kappa shape index (κ2) is 12.2. The molecule has 0 bridgehead atoms. The molecule has 1 aliphatic rings. The predicted molar refractivity (Wildman–Crippen MR) is 236 cm³/mol. The maximum Gasteiger partial charge on any atom is 0.160 e. The van der Waals surface area contributed by atoms with Crippen LogP contribution >= 0.6 is 11.3 Å². The van der Waals surface area contributed by atoms with Gasteiger partial charge in [0.1, 0.15) is 23.2 Å². The molecule has 0 saturated carbocycles. The van der Waals surface area contributed by atoms with Gasteiger partial charge in [0.2, 0.25) is 0 Å². The standard InChI is InChI=1S/C51H31N3OS/c1-2-12-32(13-3-1)49-52-50(35-24-23-31-22-21-30-11-4-6-15-36(30)41(31)28-35)54-51(53-49)40-18-10-19-43-46(40)38-26-25-34(29-44(38)55-43)42-27-33-14-5-7-16-37(33)47-39-17-8-9-20-45(39)56-48(42)47/h1-29,50H,(H,52,53,54). The van der Waals surface area contributed by atoms with Crippen molar-refractivity contribution in [2.45, 2.75) is 6.17 Å². The zero-order valence-corrected chi connectivity index (χ0v) is 30.8. The number of nitrogens with zero attached hydrogens (tertiary/aromatic N) is 2. The summed E-state index contributed by atoms with van der Waals surface area (Å²) in [4.78, 5) is 10.6. The summed E-state index contributed by atoms with van der Waals surface area (Å²) in [6.45, 7) is 0. The van der Waals surface area contributed by atoms with E-state index in [0.29, 0.717) is 5.84 Å². The van der Waals surface area contributed by atoms with Gasteiger partial charge in [-0.1, -0.05) is 140 Å². The largest absolute Gasteiger partial charge is 0.456 e. The summed E-state index contributed by atoms with van der Waals surface area (Å²) >= 11 is 1.86. The Morgan fingerprint density at radius 2 is 1.23 bits per heavy atom. The predicted octanol–water partition coefficient (Wildman–Crippen LogP) is 13.6. The lowest BCUT2D eigenvalue weighted by molar-refractivity contribution is 0.668. The Balaban J connectivity index is 1.03. The lowest BCUT2D eigenvalue weighted by Crippen LogP contribution is -2.33. The van der Waals surface area contributed by atoms with Gasteiger partial charge in [-0.25, -0.2) is 9.98 Å². The molecule has 9 aromatic carbocycles. The maximum atomic E-state index is 6.70. The van der Waals surface area contributed by atoms with Gasteiger partial charge in [0.15, 0.2) is 5.84 Å². The van der Waals surface area contributed by atoms with E-state index in [1.807, 2.05) is 41.7 Å². The average molecular weight is 734 g/mol. The van der Waals surface area contributed by atoms with Crippen molar-refractivity contribution in [3.05, 3.63) is 193 Å². The molecule has 1 atom stereocenters. The summed E-state index contributed by atoms with van der Waals surface area (Å²) in [6.07, 6.45) is -0.349. The molecular formula is C51H31N3OS. The zero-order chi connectivity index (χ0) is 36.7. The molecule has 11 aromatic rings. The van der Waals surface area contributed by atoms with E-state index in [9.17, 15) is 0 Å². The van der Waals surface area contributed by atoms with Crippen LogP contribution in [0.1, 0.15) is 22.9 Å². The third kappa shape index (κ3) is 4.84. The number of hydrogen-bond acceptors (Lipinski definition) is 5. The number of aliphatic imine (C=N–C) groups is 2. The van der Waals surface area contributed by atoms with E-state index in [2.05, 4.69) is 151 Å². The Bertz CT molecular complexity index is 3460. The van der Waals surface area contributed by atoms with Gasteiger partial charge in [0, 0.05) is 47.6 Å². The average Bonchev–Trinajstić information content (AvgIpc) is 3.85. The number of rotatable bonds is 4. The molecule has 0 spiro atoms. The summed E-state index contributed by atoms with van der Waals surface area (Å²) in [5, 5.41) is 15.7. The molecule has 0 aliphatic carbocycles. The maximum absolute atomic E-state index is 6.70. The number of furan rings is 1. The van der Waals surface area contributed by atoms with Crippen molar-refractivity contribution < 1.29 is 4.42 Å². The zero-order valence-electron chi connectivity index (χ0n) is 30.0. The number of amidine groups is 2. The van der Waals surface area contributed by atoms with Crippen LogP contribution in [-0.4, -0.2) is 11.7 Å². The van der Waals surface area contributed by atoms with Crippen LogP contribution in [0.4, 0.5) is 0 Å². The van der Waals surface area contributed by atoms with E-state index < -0.39 is 0 Å². The molecule has 3 heterocycles. The Morgan fingerprint density at radius 1 is 0.482 bits per heavy atom. The number of benzene rings is 9. The van der Waals surface area contributed by atoms with Gasteiger partial charge in [-0.05, 0) is 79.8 Å². The first-order valence-corrected chi connectivity index (χ1v) is 19.7. The van der Waals surface area contributed by atoms with Crippen molar-refractivity contribution >= 4 is 97.4 Å². The summed E-state index contributed by atoms with van der Waals surface area (Å²) in [7, 11) is 0. The fourth-order valence-corrected chi connectivity index (χ4v) is 9.90. The van der Waals surface area contributed by atoms with Crippen LogP contribution in [-0.2, 0) is 0 Å². The molecule has 12 rings (SSSR count). The minimum absolute atomic E-state index is 0.349. The van der Waals surface area contributed by atoms with Crippen LogP contribution in [0.15, 0.2) is 190 Å². The molecule has 1 unspecified atom stereocenters. The third-order valence-electron chi connectivity index (χ3n) is 11.3. The van der Waals surface area contributed by atoms with E-state index in [1.54, 1.807) is 0 Å². The van der Waals surface area contributed by atoms with Crippen molar-refractivity contribution in [1.82, 2.24) is 5.32 Å². The lowest BCUT2D eigenvalue weighted by Gasteiger charge is -2.24. The van der Waals surface area contributed by atoms with Gasteiger partial charge >= 0.3 is 0 Å². The fourth-order valence-electron chi connectivity index (χ4n) is 8.64. The number of hydrogen-bond donors (Lipinski definition) is 1. The van der Waals surface area contributed by atoms with Crippen LogP contribution in [0.25, 0.3) is 85.6 Å². The number of fused-ring (bicyclic) bond motifs is 11. The van der Waals surface area contributed by atoms with Gasteiger partial charge in [-0.2, -0.15) is 0 Å². The Labute approximate surface area is 325 Å². The van der Waals surface area contributed by atoms with Gasteiger partial charge < -0.3 is 9.73 Å². The molecule has 0 radical (unpaired) electrons. The number of thiophene rings is 1. The van der Waals surface area contributed by atoms with Crippen molar-refractivity contribution in [2.24, 2.45) is 9.98 Å². The second-order valence-electron chi connectivity index (χ2n) is 14.5. The topological polar surface area (TPSA) is 49.9 Å². The van der Waals surface area contributed by atoms with Gasteiger partial charge in [-0.3, -0.25) is 0 Å². The van der Waals surface area contributed by atoms with Crippen molar-refractivity contribution in [3.8, 4) is 11.1 Å². The Hall–Kier alpha value is -7.08. The summed E-state index contributed by atoms with van der Waals surface area (Å²) in [5.41, 5.74) is 7.03. The first-order chi connectivity index (χ1) is 27.7. The lowest BCUT2D eigenvalue weighted by atomic mass is 9.96. The van der Waals surface area contributed by atoms with Gasteiger partial charge in [0.05, 0.1) is 0 Å². The van der Waals surface area contributed by atoms with Gasteiger partial charge in [0.25, 0.3) is 0 Å². The SMILES string of the molecule is c1ccc(C2=NC(c3cccc4oc5cc(-c6cc7ccccc7c7c6sc6ccccc67)ccc5c34)=NC(c3ccc4ccc5ccccc5c4c3)N2)cc1. The van der Waals surface area contributed by atoms with E-state index >= 15 is 0 Å². The van der Waals surface area contributed by atoms with Crippen LogP contribution in [0.3, 0.4) is 0 Å². The van der Waals surface area contributed by atoms with Crippen LogP contribution in [0.2, 0.25) is 0 Å². The second-order valence-corrected chi connectivity index (χ2v) is 15.6. The number of nitrogens with one attached hydrogen (secondary N) is 1. The summed E-state index contributed by atoms with van der Waals surface area (Å²) < 4.78 is 9.29. The van der Waals surface area contributed by atoms with E-state index in [1.165, 1.54) is 58.1 Å². The van der Waals surface area contributed by atoms with E-state index in [-0.39, 0.29) is 6.17 Å². The smallest absolute Gasteiger partial charge is 0.160 e. The highest BCUT2D eigenvalue weighted by Gasteiger charge is 2.24. The first kappa shape index (κ1) is 31.3. The first-order valence-electron chi connectivity index (χ1n) is 18.9. The molecule has 0 saturated heterocycles. The molecule has 2 aromatic heterocycles. The normalized spacial score (nSPS) is 14.6. The molecular weight excluding hydrogens is 703 g/mol. The summed E-state index contributed by atoms with van der Waals surface area (Å²) in [5.74, 6) is 1.46. The highest BCUT2D eigenvalue weighted by Crippen LogP contribution is 2.45. The minimum Gasteiger partial charge on any atom is -0.456 e. The van der Waals surface area contributed by atoms with Crippen LogP contribution in [0.5, 0.6) is 0 Å². The molecule has 1 N–H and O–H groups in total.